The first kappa shape index (κ1) is 26.8. The number of nitrogens with zero attached hydrogens (tertiary/aromatic N) is 2. The number of aromatic nitrogens is 1. The minimum absolute atomic E-state index is 0.0539. The van der Waals surface area contributed by atoms with Gasteiger partial charge in [-0.25, -0.2) is 4.79 Å². The van der Waals surface area contributed by atoms with Crippen LogP contribution in [0.4, 0.5) is 5.69 Å². The van der Waals surface area contributed by atoms with Crippen LogP contribution in [0.1, 0.15) is 72.9 Å². The molecule has 196 valence electrons. The van der Waals surface area contributed by atoms with Crippen LogP contribution in [0.2, 0.25) is 0 Å². The summed E-state index contributed by atoms with van der Waals surface area (Å²) in [5.74, 6) is -2.42. The van der Waals surface area contributed by atoms with E-state index in [1.165, 1.54) is 11.0 Å². The van der Waals surface area contributed by atoms with Crippen LogP contribution in [0.5, 0.6) is 0 Å². The molecule has 1 saturated heterocycles. The van der Waals surface area contributed by atoms with E-state index in [0.29, 0.717) is 23.4 Å². The summed E-state index contributed by atoms with van der Waals surface area (Å²) in [6.07, 6.45) is 2.25. The number of aryl methyl sites for hydroxylation is 1. The Bertz CT molecular complexity index is 1420. The number of pyridine rings is 1. The van der Waals surface area contributed by atoms with Crippen molar-refractivity contribution in [3.63, 3.8) is 0 Å². The number of anilines is 1. The molecule has 1 amide bonds. The first-order valence-corrected chi connectivity index (χ1v) is 12.6. The molecule has 4 rings (SSSR count). The second kappa shape index (κ2) is 10.6. The maximum atomic E-state index is 13.5. The lowest BCUT2D eigenvalue weighted by atomic mass is 9.84. The van der Waals surface area contributed by atoms with Gasteiger partial charge in [-0.3, -0.25) is 19.5 Å². The molecule has 1 unspecified atom stereocenters. The predicted octanol–water partition coefficient (Wildman–Crippen LogP) is 5.88. The second-order valence-corrected chi connectivity index (χ2v) is 10.4. The van der Waals surface area contributed by atoms with E-state index in [1.54, 1.807) is 42.6 Å². The molecule has 7 nitrogen and oxygen atoms in total. The summed E-state index contributed by atoms with van der Waals surface area (Å²) in [4.78, 5) is 45.2. The van der Waals surface area contributed by atoms with E-state index in [-0.39, 0.29) is 28.9 Å². The highest BCUT2D eigenvalue weighted by atomic mass is 16.5. The molecule has 0 bridgehead atoms. The average Bonchev–Trinajstić information content (AvgIpc) is 3.17. The van der Waals surface area contributed by atoms with Crippen molar-refractivity contribution in [2.45, 2.75) is 52.5 Å². The number of amides is 1. The zero-order valence-electron chi connectivity index (χ0n) is 22.3. The molecule has 1 aliphatic rings. The molecule has 1 aliphatic heterocycles. The SMILES string of the molecule is CCCOC(=O)c1cccc(N2C(=O)C(=O)/C(=C(/O)c3cc(C(C)(C)C)ccc3C)C2c2ccccn2)c1. The standard InChI is InChI=1S/C31H32N2O5/c1-6-16-38-30(37)20-10-9-11-22(17-20)33-26(24-12-7-8-15-32-24)25(28(35)29(33)36)27(34)23-18-21(31(3,4)5)14-13-19(23)2/h7-15,17-18,26,34H,6,16H2,1-5H3/b27-25+. The van der Waals surface area contributed by atoms with Crippen LogP contribution < -0.4 is 4.90 Å². The number of aliphatic hydroxyl groups is 1. The van der Waals surface area contributed by atoms with Gasteiger partial charge in [-0.15, -0.1) is 0 Å². The van der Waals surface area contributed by atoms with E-state index in [0.717, 1.165) is 11.1 Å². The zero-order chi connectivity index (χ0) is 27.6. The van der Waals surface area contributed by atoms with E-state index in [1.807, 2.05) is 32.0 Å². The zero-order valence-corrected chi connectivity index (χ0v) is 22.3. The maximum absolute atomic E-state index is 13.5. The van der Waals surface area contributed by atoms with Gasteiger partial charge in [0, 0.05) is 17.4 Å². The largest absolute Gasteiger partial charge is 0.507 e. The number of benzene rings is 2. The Hall–Kier alpha value is -4.26. The van der Waals surface area contributed by atoms with Crippen molar-refractivity contribution in [3.05, 3.63) is 100 Å². The van der Waals surface area contributed by atoms with Gasteiger partial charge in [-0.1, -0.05) is 52.0 Å². The molecule has 0 saturated carbocycles. The fraction of sp³-hybridized carbons (Fsp3) is 0.290. The number of carbonyl (C=O) groups excluding carboxylic acids is 3. The number of aliphatic hydroxyl groups excluding tert-OH is 1. The second-order valence-electron chi connectivity index (χ2n) is 10.4. The average molecular weight is 513 g/mol. The number of hydrogen-bond donors (Lipinski definition) is 1. The van der Waals surface area contributed by atoms with Crippen molar-refractivity contribution in [3.8, 4) is 0 Å². The molecule has 0 aliphatic carbocycles. The van der Waals surface area contributed by atoms with Crippen molar-refractivity contribution >= 4 is 29.1 Å². The molecular formula is C31H32N2O5. The van der Waals surface area contributed by atoms with Crippen molar-refractivity contribution in [1.29, 1.82) is 0 Å². The highest BCUT2D eigenvalue weighted by molar-refractivity contribution is 6.51. The summed E-state index contributed by atoms with van der Waals surface area (Å²) in [5, 5.41) is 11.6. The summed E-state index contributed by atoms with van der Waals surface area (Å²) in [6, 6.07) is 16.3. The summed E-state index contributed by atoms with van der Waals surface area (Å²) in [6.45, 7) is 10.2. The number of esters is 1. The van der Waals surface area contributed by atoms with E-state index < -0.39 is 23.7 Å². The quantitative estimate of drug-likeness (QED) is 0.192. The molecule has 3 aromatic rings. The number of carbonyl (C=O) groups is 3. The maximum Gasteiger partial charge on any atom is 0.338 e. The molecule has 0 radical (unpaired) electrons. The van der Waals surface area contributed by atoms with Crippen molar-refractivity contribution < 1.29 is 24.2 Å². The van der Waals surface area contributed by atoms with Crippen LogP contribution in [-0.4, -0.2) is 34.4 Å². The lowest BCUT2D eigenvalue weighted by Gasteiger charge is -2.25. The minimum Gasteiger partial charge on any atom is -0.507 e. The van der Waals surface area contributed by atoms with Gasteiger partial charge in [0.2, 0.25) is 0 Å². The fourth-order valence-electron chi connectivity index (χ4n) is 4.47. The number of ether oxygens (including phenoxy) is 1. The van der Waals surface area contributed by atoms with E-state index in [4.69, 9.17) is 4.74 Å². The van der Waals surface area contributed by atoms with Gasteiger partial charge in [0.05, 0.1) is 23.4 Å². The number of ketones is 1. The van der Waals surface area contributed by atoms with Crippen molar-refractivity contribution in [2.24, 2.45) is 0 Å². The first-order chi connectivity index (χ1) is 18.0. The molecular weight excluding hydrogens is 480 g/mol. The first-order valence-electron chi connectivity index (χ1n) is 12.6. The lowest BCUT2D eigenvalue weighted by Crippen LogP contribution is -2.30. The van der Waals surface area contributed by atoms with Crippen LogP contribution in [0, 0.1) is 6.92 Å². The van der Waals surface area contributed by atoms with Gasteiger partial charge in [0.25, 0.3) is 11.7 Å². The lowest BCUT2D eigenvalue weighted by molar-refractivity contribution is -0.132. The van der Waals surface area contributed by atoms with Gasteiger partial charge in [-0.05, 0) is 66.3 Å². The molecule has 1 aromatic heterocycles. The van der Waals surface area contributed by atoms with Gasteiger partial charge in [0.1, 0.15) is 11.8 Å². The number of Topliss-reactive ketones (excluding diaryl/α,β-unsaturated/α-hetero) is 1. The van der Waals surface area contributed by atoms with Gasteiger partial charge >= 0.3 is 5.97 Å². The topological polar surface area (TPSA) is 96.8 Å². The van der Waals surface area contributed by atoms with Gasteiger partial charge in [-0.2, -0.15) is 0 Å². The highest BCUT2D eigenvalue weighted by Crippen LogP contribution is 2.42. The number of rotatable bonds is 6. The van der Waals surface area contributed by atoms with Crippen molar-refractivity contribution in [1.82, 2.24) is 4.98 Å². The van der Waals surface area contributed by atoms with Crippen LogP contribution in [0.3, 0.4) is 0 Å². The number of hydrogen-bond acceptors (Lipinski definition) is 6. The van der Waals surface area contributed by atoms with Gasteiger partial charge < -0.3 is 9.84 Å². The summed E-state index contributed by atoms with van der Waals surface area (Å²) < 4.78 is 5.25. The Labute approximate surface area is 222 Å². The Morgan fingerprint density at radius 1 is 1.05 bits per heavy atom. The van der Waals surface area contributed by atoms with Gasteiger partial charge in [0.15, 0.2) is 0 Å². The molecule has 2 heterocycles. The molecule has 1 fully saturated rings. The molecule has 1 atom stereocenters. The van der Waals surface area contributed by atoms with Crippen LogP contribution in [-0.2, 0) is 19.7 Å². The van der Waals surface area contributed by atoms with Crippen LogP contribution in [0.15, 0.2) is 72.4 Å². The summed E-state index contributed by atoms with van der Waals surface area (Å²) >= 11 is 0. The normalized spacial score (nSPS) is 17.1. The Kier molecular flexibility index (Phi) is 7.49. The smallest absolute Gasteiger partial charge is 0.338 e. The Balaban J connectivity index is 1.91. The van der Waals surface area contributed by atoms with E-state index in [9.17, 15) is 19.5 Å². The monoisotopic (exact) mass is 512 g/mol. The molecule has 38 heavy (non-hydrogen) atoms. The summed E-state index contributed by atoms with van der Waals surface area (Å²) in [5.41, 5.74) is 2.97. The highest BCUT2D eigenvalue weighted by Gasteiger charge is 2.48. The predicted molar refractivity (Wildman–Crippen MR) is 146 cm³/mol. The Morgan fingerprint density at radius 3 is 2.47 bits per heavy atom. The molecule has 2 aromatic carbocycles. The summed E-state index contributed by atoms with van der Waals surface area (Å²) in [7, 11) is 0. The van der Waals surface area contributed by atoms with Crippen molar-refractivity contribution in [2.75, 3.05) is 11.5 Å². The third-order valence-corrected chi connectivity index (χ3v) is 6.57. The van der Waals surface area contributed by atoms with Crippen LogP contribution in [0.25, 0.3) is 5.76 Å². The molecule has 0 spiro atoms. The molecule has 7 heteroatoms. The third-order valence-electron chi connectivity index (χ3n) is 6.57. The van der Waals surface area contributed by atoms with Crippen LogP contribution >= 0.6 is 0 Å². The minimum atomic E-state index is -0.990. The molecule has 1 N–H and O–H groups in total. The third kappa shape index (κ3) is 5.09. The van der Waals surface area contributed by atoms with E-state index >= 15 is 0 Å². The fourth-order valence-corrected chi connectivity index (χ4v) is 4.47. The van der Waals surface area contributed by atoms with E-state index in [2.05, 4.69) is 25.8 Å². The Morgan fingerprint density at radius 2 is 1.82 bits per heavy atom.